The molecular formula is C23H21Cl2FN6O4S2. The molecule has 200 valence electrons. The Morgan fingerprint density at radius 1 is 1.26 bits per heavy atom. The third-order valence-electron chi connectivity index (χ3n) is 6.12. The molecule has 1 amide bonds. The number of anilines is 1. The lowest BCUT2D eigenvalue weighted by Crippen LogP contribution is -2.43. The van der Waals surface area contributed by atoms with Crippen LogP contribution in [-0.4, -0.2) is 65.3 Å². The number of carbonyl (C=O) groups excluding carboxylic acids is 1. The summed E-state index contributed by atoms with van der Waals surface area (Å²) in [6.07, 6.45) is 1.49. The van der Waals surface area contributed by atoms with Gasteiger partial charge in [-0.25, -0.2) is 27.3 Å². The minimum atomic E-state index is -3.54. The SMILES string of the molecule is Cc1nn2c3c(nc2s1)CCN(C(=O)COc1ccc(N(C)S(C)(=O)=O)nc1Cl)C3c1ccc(Cl)cc1F. The average molecular weight is 599 g/mol. The summed E-state index contributed by atoms with van der Waals surface area (Å²) in [5.74, 6) is -0.792. The summed E-state index contributed by atoms with van der Waals surface area (Å²) in [5, 5.41) is 5.44. The molecule has 1 aliphatic heterocycles. The Balaban J connectivity index is 1.45. The Labute approximate surface area is 231 Å². The molecule has 10 nitrogen and oxygen atoms in total. The Bertz CT molecular complexity index is 1680. The third kappa shape index (κ3) is 4.91. The molecule has 0 bridgehead atoms. The van der Waals surface area contributed by atoms with Gasteiger partial charge < -0.3 is 9.64 Å². The highest BCUT2D eigenvalue weighted by Crippen LogP contribution is 2.38. The molecule has 1 aromatic carbocycles. The van der Waals surface area contributed by atoms with E-state index >= 15 is 4.39 Å². The van der Waals surface area contributed by atoms with Crippen LogP contribution in [-0.2, 0) is 21.2 Å². The van der Waals surface area contributed by atoms with E-state index in [0.29, 0.717) is 17.1 Å². The molecule has 0 aliphatic carbocycles. The number of aryl methyl sites for hydroxylation is 1. The van der Waals surface area contributed by atoms with E-state index in [9.17, 15) is 13.2 Å². The number of halogens is 3. The zero-order chi connectivity index (χ0) is 27.4. The summed E-state index contributed by atoms with van der Waals surface area (Å²) in [6.45, 7) is 1.71. The molecule has 0 spiro atoms. The second-order valence-corrected chi connectivity index (χ2v) is 12.6. The van der Waals surface area contributed by atoms with Gasteiger partial charge in [0.15, 0.2) is 17.5 Å². The summed E-state index contributed by atoms with van der Waals surface area (Å²) >= 11 is 13.6. The fourth-order valence-corrected chi connectivity index (χ4v) is 5.83. The molecule has 5 rings (SSSR count). The maximum atomic E-state index is 15.2. The van der Waals surface area contributed by atoms with Crippen LogP contribution in [0.15, 0.2) is 30.3 Å². The van der Waals surface area contributed by atoms with Gasteiger partial charge in [-0.05, 0) is 31.2 Å². The number of aromatic nitrogens is 4. The maximum absolute atomic E-state index is 15.2. The van der Waals surface area contributed by atoms with Crippen LogP contribution < -0.4 is 9.04 Å². The molecule has 0 N–H and O–H groups in total. The number of hydrogen-bond acceptors (Lipinski definition) is 8. The molecular weight excluding hydrogens is 578 g/mol. The lowest BCUT2D eigenvalue weighted by Gasteiger charge is -2.35. The fourth-order valence-electron chi connectivity index (χ4n) is 4.26. The minimum absolute atomic E-state index is 0.0967. The predicted molar refractivity (Wildman–Crippen MR) is 142 cm³/mol. The van der Waals surface area contributed by atoms with Crippen molar-refractivity contribution in [2.75, 3.05) is 30.8 Å². The van der Waals surface area contributed by atoms with Crippen molar-refractivity contribution in [1.82, 2.24) is 24.5 Å². The van der Waals surface area contributed by atoms with E-state index in [0.717, 1.165) is 21.3 Å². The zero-order valence-electron chi connectivity index (χ0n) is 20.4. The van der Waals surface area contributed by atoms with Gasteiger partial charge in [0, 0.05) is 30.6 Å². The van der Waals surface area contributed by atoms with E-state index < -0.39 is 34.4 Å². The van der Waals surface area contributed by atoms with Gasteiger partial charge in [0.25, 0.3) is 5.91 Å². The Hall–Kier alpha value is -3.00. The number of nitrogens with zero attached hydrogens (tertiary/aromatic N) is 6. The number of pyridine rings is 1. The monoisotopic (exact) mass is 598 g/mol. The number of sulfonamides is 1. The number of amides is 1. The van der Waals surface area contributed by atoms with E-state index in [1.165, 1.54) is 41.5 Å². The molecule has 0 radical (unpaired) electrons. The molecule has 1 atom stereocenters. The summed E-state index contributed by atoms with van der Waals surface area (Å²) in [6, 6.07) is 6.35. The predicted octanol–water partition coefficient (Wildman–Crippen LogP) is 3.89. The van der Waals surface area contributed by atoms with E-state index in [2.05, 4.69) is 15.1 Å². The van der Waals surface area contributed by atoms with Crippen molar-refractivity contribution in [2.45, 2.75) is 19.4 Å². The van der Waals surface area contributed by atoms with Crippen molar-refractivity contribution in [3.63, 3.8) is 0 Å². The second kappa shape index (κ2) is 9.95. The summed E-state index contributed by atoms with van der Waals surface area (Å²) in [5.41, 5.74) is 1.60. The van der Waals surface area contributed by atoms with E-state index in [1.54, 1.807) is 16.6 Å². The third-order valence-corrected chi connectivity index (χ3v) is 8.64. The summed E-state index contributed by atoms with van der Waals surface area (Å²) in [7, 11) is -2.19. The van der Waals surface area contributed by atoms with Gasteiger partial charge in [-0.15, -0.1) is 0 Å². The van der Waals surface area contributed by atoms with Crippen molar-refractivity contribution in [3.05, 3.63) is 68.3 Å². The number of benzene rings is 1. The van der Waals surface area contributed by atoms with Crippen molar-refractivity contribution in [3.8, 4) is 5.75 Å². The van der Waals surface area contributed by atoms with Gasteiger partial charge in [0.1, 0.15) is 22.7 Å². The van der Waals surface area contributed by atoms with Crippen molar-refractivity contribution < 1.29 is 22.3 Å². The van der Waals surface area contributed by atoms with Crippen LogP contribution in [0.5, 0.6) is 5.75 Å². The highest BCUT2D eigenvalue weighted by atomic mass is 35.5. The van der Waals surface area contributed by atoms with Crippen LogP contribution in [0, 0.1) is 12.7 Å². The first-order chi connectivity index (χ1) is 17.9. The number of hydrogen-bond donors (Lipinski definition) is 0. The number of imidazole rings is 1. The Kier molecular flexibility index (Phi) is 6.97. The average Bonchev–Trinajstić information content (AvgIpc) is 3.37. The van der Waals surface area contributed by atoms with Gasteiger partial charge in [0.2, 0.25) is 15.0 Å². The molecule has 1 aliphatic rings. The minimum Gasteiger partial charge on any atom is -0.481 e. The highest BCUT2D eigenvalue weighted by Gasteiger charge is 2.38. The number of carbonyl (C=O) groups is 1. The van der Waals surface area contributed by atoms with Gasteiger partial charge in [-0.1, -0.05) is 40.6 Å². The van der Waals surface area contributed by atoms with E-state index in [4.69, 9.17) is 27.9 Å². The Morgan fingerprint density at radius 2 is 2.03 bits per heavy atom. The second-order valence-electron chi connectivity index (χ2n) is 8.64. The fraction of sp³-hybridized carbons (Fsp3) is 0.304. The van der Waals surface area contributed by atoms with Gasteiger partial charge in [0.05, 0.1) is 17.6 Å². The van der Waals surface area contributed by atoms with Gasteiger partial charge in [-0.3, -0.25) is 9.10 Å². The van der Waals surface area contributed by atoms with Crippen LogP contribution in [0.3, 0.4) is 0 Å². The van der Waals surface area contributed by atoms with Crippen LogP contribution in [0.1, 0.15) is 28.0 Å². The first-order valence-corrected chi connectivity index (χ1v) is 14.7. The lowest BCUT2D eigenvalue weighted by molar-refractivity contribution is -0.135. The molecule has 1 unspecified atom stereocenters. The first kappa shape index (κ1) is 26.6. The molecule has 4 aromatic rings. The molecule has 0 saturated carbocycles. The molecule has 15 heteroatoms. The molecule has 0 saturated heterocycles. The van der Waals surface area contributed by atoms with E-state index in [1.807, 2.05) is 6.92 Å². The van der Waals surface area contributed by atoms with Crippen molar-refractivity contribution in [1.29, 1.82) is 0 Å². The van der Waals surface area contributed by atoms with Crippen LogP contribution in [0.25, 0.3) is 4.96 Å². The summed E-state index contributed by atoms with van der Waals surface area (Å²) < 4.78 is 47.0. The van der Waals surface area contributed by atoms with Gasteiger partial charge in [-0.2, -0.15) is 5.10 Å². The maximum Gasteiger partial charge on any atom is 0.261 e. The van der Waals surface area contributed by atoms with Crippen molar-refractivity contribution >= 4 is 61.2 Å². The lowest BCUT2D eigenvalue weighted by atomic mass is 9.95. The largest absolute Gasteiger partial charge is 0.481 e. The topological polar surface area (TPSA) is 110 Å². The Morgan fingerprint density at radius 3 is 2.71 bits per heavy atom. The van der Waals surface area contributed by atoms with E-state index in [-0.39, 0.29) is 33.9 Å². The van der Waals surface area contributed by atoms with Crippen molar-refractivity contribution in [2.24, 2.45) is 0 Å². The quantitative estimate of drug-likeness (QED) is 0.310. The standard InChI is InChI=1S/C23H21Cl2FN6O4S2/c1-12-29-32-21-16(27-23(32)37-12)8-9-31(20(21)14-5-4-13(24)10-15(14)26)19(33)11-36-17-6-7-18(28-22(17)25)30(2)38(3,34)35/h4-7,10,20H,8-9,11H2,1-3H3. The highest BCUT2D eigenvalue weighted by molar-refractivity contribution is 7.92. The molecule has 4 heterocycles. The smallest absolute Gasteiger partial charge is 0.261 e. The van der Waals surface area contributed by atoms with Crippen LogP contribution >= 0.6 is 34.5 Å². The number of rotatable bonds is 6. The van der Waals surface area contributed by atoms with Crippen LogP contribution in [0.4, 0.5) is 10.2 Å². The van der Waals surface area contributed by atoms with Crippen LogP contribution in [0.2, 0.25) is 10.2 Å². The number of ether oxygens (including phenoxy) is 1. The normalized spacial score (nSPS) is 15.5. The molecule has 3 aromatic heterocycles. The molecule has 38 heavy (non-hydrogen) atoms. The number of fused-ring (bicyclic) bond motifs is 3. The molecule has 0 fully saturated rings. The summed E-state index contributed by atoms with van der Waals surface area (Å²) in [4.78, 5) is 24.4. The van der Waals surface area contributed by atoms with Gasteiger partial charge >= 0.3 is 0 Å². The zero-order valence-corrected chi connectivity index (χ0v) is 23.5. The first-order valence-electron chi connectivity index (χ1n) is 11.3.